The lowest BCUT2D eigenvalue weighted by Crippen LogP contribution is -2.12. The van der Waals surface area contributed by atoms with Crippen molar-refractivity contribution in [2.75, 3.05) is 5.32 Å². The van der Waals surface area contributed by atoms with Crippen LogP contribution in [0, 0.1) is 0 Å². The fourth-order valence-electron chi connectivity index (χ4n) is 2.62. The Bertz CT molecular complexity index is 990. The molecule has 7 nitrogen and oxygen atoms in total. The lowest BCUT2D eigenvalue weighted by atomic mass is 10.1. The number of benzene rings is 1. The Morgan fingerprint density at radius 3 is 2.69 bits per heavy atom. The van der Waals surface area contributed by atoms with Gasteiger partial charge in [-0.3, -0.25) is 19.6 Å². The molecule has 0 atom stereocenters. The van der Waals surface area contributed by atoms with Crippen LogP contribution >= 0.6 is 0 Å². The van der Waals surface area contributed by atoms with Gasteiger partial charge in [0, 0.05) is 24.2 Å². The van der Waals surface area contributed by atoms with E-state index >= 15 is 0 Å². The molecule has 0 spiro atoms. The van der Waals surface area contributed by atoms with Crippen LogP contribution in [0.25, 0.3) is 11.4 Å². The van der Waals surface area contributed by atoms with Crippen LogP contribution < -0.4 is 5.32 Å². The molecule has 3 aromatic heterocycles. The van der Waals surface area contributed by atoms with Crippen molar-refractivity contribution in [2.24, 2.45) is 0 Å². The number of nitrogens with one attached hydrogen (secondary N) is 2. The summed E-state index contributed by atoms with van der Waals surface area (Å²) >= 11 is 0. The van der Waals surface area contributed by atoms with Crippen molar-refractivity contribution in [1.82, 2.24) is 25.0 Å². The van der Waals surface area contributed by atoms with Crippen LogP contribution in [0.3, 0.4) is 0 Å². The van der Waals surface area contributed by atoms with E-state index in [1.165, 1.54) is 0 Å². The number of anilines is 1. The van der Waals surface area contributed by atoms with Gasteiger partial charge in [0.2, 0.25) is 0 Å². The molecule has 7 heteroatoms. The molecular formula is C19H16N6O. The predicted molar refractivity (Wildman–Crippen MR) is 97.5 cm³/mol. The van der Waals surface area contributed by atoms with E-state index in [1.54, 1.807) is 30.7 Å². The monoisotopic (exact) mass is 344 g/mol. The SMILES string of the molecule is O=C(Nc1cn[nH]c1-c1ccccn1)c1ccc(Cn2cccn2)cc1. The molecule has 128 valence electrons. The highest BCUT2D eigenvalue weighted by Crippen LogP contribution is 2.23. The fourth-order valence-corrected chi connectivity index (χ4v) is 2.62. The number of hydrogen-bond acceptors (Lipinski definition) is 4. The molecule has 0 fully saturated rings. The number of hydrogen-bond donors (Lipinski definition) is 2. The summed E-state index contributed by atoms with van der Waals surface area (Å²) < 4.78 is 1.83. The second-order valence-electron chi connectivity index (χ2n) is 5.73. The number of carbonyl (C=O) groups excluding carboxylic acids is 1. The standard InChI is InChI=1S/C19H16N6O/c26-19(15-7-5-14(6-8-15)13-25-11-3-10-22-25)23-17-12-21-24-18(17)16-4-1-2-9-20-16/h1-12H,13H2,(H,21,24)(H,23,26). The first-order chi connectivity index (χ1) is 12.8. The van der Waals surface area contributed by atoms with E-state index < -0.39 is 0 Å². The molecule has 0 unspecified atom stereocenters. The predicted octanol–water partition coefficient (Wildman–Crippen LogP) is 2.97. The summed E-state index contributed by atoms with van der Waals surface area (Å²) in [7, 11) is 0. The zero-order chi connectivity index (χ0) is 17.8. The molecule has 4 rings (SSSR count). The van der Waals surface area contributed by atoms with Crippen LogP contribution in [0.2, 0.25) is 0 Å². The number of aromatic nitrogens is 5. The molecule has 3 heterocycles. The molecule has 0 radical (unpaired) electrons. The summed E-state index contributed by atoms with van der Waals surface area (Å²) in [5, 5.41) is 13.9. The zero-order valence-electron chi connectivity index (χ0n) is 13.8. The van der Waals surface area contributed by atoms with Crippen molar-refractivity contribution >= 4 is 11.6 Å². The topological polar surface area (TPSA) is 88.5 Å². The van der Waals surface area contributed by atoms with E-state index in [4.69, 9.17) is 0 Å². The highest BCUT2D eigenvalue weighted by molar-refractivity contribution is 6.05. The van der Waals surface area contributed by atoms with Gasteiger partial charge in [0.1, 0.15) is 5.69 Å². The van der Waals surface area contributed by atoms with Gasteiger partial charge in [0.05, 0.1) is 24.1 Å². The van der Waals surface area contributed by atoms with Gasteiger partial charge in [-0.2, -0.15) is 10.2 Å². The molecule has 0 aliphatic rings. The molecule has 0 saturated heterocycles. The summed E-state index contributed by atoms with van der Waals surface area (Å²) in [6.45, 7) is 0.667. The maximum atomic E-state index is 12.5. The lowest BCUT2D eigenvalue weighted by molar-refractivity contribution is 0.102. The third-order valence-electron chi connectivity index (χ3n) is 3.93. The highest BCUT2D eigenvalue weighted by atomic mass is 16.1. The van der Waals surface area contributed by atoms with Gasteiger partial charge in [-0.1, -0.05) is 18.2 Å². The van der Waals surface area contributed by atoms with Gasteiger partial charge in [-0.05, 0) is 35.9 Å². The number of rotatable bonds is 5. The van der Waals surface area contributed by atoms with Gasteiger partial charge in [0.15, 0.2) is 0 Å². The molecular weight excluding hydrogens is 328 g/mol. The summed E-state index contributed by atoms with van der Waals surface area (Å²) in [6.07, 6.45) is 6.92. The van der Waals surface area contributed by atoms with E-state index in [0.29, 0.717) is 23.5 Å². The van der Waals surface area contributed by atoms with E-state index in [0.717, 1.165) is 11.3 Å². The normalized spacial score (nSPS) is 10.6. The van der Waals surface area contributed by atoms with Crippen molar-refractivity contribution in [3.63, 3.8) is 0 Å². The van der Waals surface area contributed by atoms with Crippen molar-refractivity contribution in [3.05, 3.63) is 84.4 Å². The van der Waals surface area contributed by atoms with Crippen LogP contribution in [-0.4, -0.2) is 30.9 Å². The number of amides is 1. The van der Waals surface area contributed by atoms with E-state index in [-0.39, 0.29) is 5.91 Å². The first kappa shape index (κ1) is 15.8. The van der Waals surface area contributed by atoms with Gasteiger partial charge >= 0.3 is 0 Å². The molecule has 0 aliphatic carbocycles. The minimum absolute atomic E-state index is 0.200. The van der Waals surface area contributed by atoms with Crippen molar-refractivity contribution in [1.29, 1.82) is 0 Å². The maximum Gasteiger partial charge on any atom is 0.255 e. The van der Waals surface area contributed by atoms with Crippen molar-refractivity contribution in [2.45, 2.75) is 6.54 Å². The molecule has 4 aromatic rings. The third-order valence-corrected chi connectivity index (χ3v) is 3.93. The quantitative estimate of drug-likeness (QED) is 0.582. The molecule has 2 N–H and O–H groups in total. The molecule has 0 saturated carbocycles. The van der Waals surface area contributed by atoms with E-state index in [2.05, 4.69) is 25.6 Å². The molecule has 0 aliphatic heterocycles. The molecule has 26 heavy (non-hydrogen) atoms. The minimum atomic E-state index is -0.200. The summed E-state index contributed by atoms with van der Waals surface area (Å²) in [4.78, 5) is 16.8. The summed E-state index contributed by atoms with van der Waals surface area (Å²) in [5.74, 6) is -0.200. The van der Waals surface area contributed by atoms with E-state index in [9.17, 15) is 4.79 Å². The minimum Gasteiger partial charge on any atom is -0.319 e. The van der Waals surface area contributed by atoms with Crippen molar-refractivity contribution < 1.29 is 4.79 Å². The van der Waals surface area contributed by atoms with Crippen LogP contribution in [-0.2, 0) is 6.54 Å². The Morgan fingerprint density at radius 1 is 1.08 bits per heavy atom. The Balaban J connectivity index is 1.48. The summed E-state index contributed by atoms with van der Waals surface area (Å²) in [5.41, 5.74) is 3.63. The Hall–Kier alpha value is -3.74. The summed E-state index contributed by atoms with van der Waals surface area (Å²) in [6, 6.07) is 14.9. The number of carbonyl (C=O) groups is 1. The highest BCUT2D eigenvalue weighted by Gasteiger charge is 2.13. The second kappa shape index (κ2) is 7.02. The number of H-pyrrole nitrogens is 1. The maximum absolute atomic E-state index is 12.5. The van der Waals surface area contributed by atoms with E-state index in [1.807, 2.05) is 47.3 Å². The van der Waals surface area contributed by atoms with Gasteiger partial charge in [0.25, 0.3) is 5.91 Å². The van der Waals surface area contributed by atoms with Gasteiger partial charge < -0.3 is 5.32 Å². The van der Waals surface area contributed by atoms with Gasteiger partial charge in [-0.15, -0.1) is 0 Å². The largest absolute Gasteiger partial charge is 0.319 e. The first-order valence-electron chi connectivity index (χ1n) is 8.12. The Labute approximate surface area is 149 Å². The van der Waals surface area contributed by atoms with Crippen LogP contribution in [0.15, 0.2) is 73.3 Å². The smallest absolute Gasteiger partial charge is 0.255 e. The molecule has 1 amide bonds. The van der Waals surface area contributed by atoms with Gasteiger partial charge in [-0.25, -0.2) is 0 Å². The number of nitrogens with zero attached hydrogens (tertiary/aromatic N) is 4. The van der Waals surface area contributed by atoms with Crippen LogP contribution in [0.4, 0.5) is 5.69 Å². The second-order valence-corrected chi connectivity index (χ2v) is 5.73. The first-order valence-corrected chi connectivity index (χ1v) is 8.12. The Morgan fingerprint density at radius 2 is 1.96 bits per heavy atom. The lowest BCUT2D eigenvalue weighted by Gasteiger charge is -2.07. The number of pyridine rings is 1. The molecule has 0 bridgehead atoms. The fraction of sp³-hybridized carbons (Fsp3) is 0.0526. The van der Waals surface area contributed by atoms with Crippen LogP contribution in [0.5, 0.6) is 0 Å². The number of aromatic amines is 1. The molecule has 1 aromatic carbocycles. The zero-order valence-corrected chi connectivity index (χ0v) is 13.8. The average molecular weight is 344 g/mol. The third kappa shape index (κ3) is 3.36. The van der Waals surface area contributed by atoms with Crippen LogP contribution in [0.1, 0.15) is 15.9 Å². The van der Waals surface area contributed by atoms with Crippen molar-refractivity contribution in [3.8, 4) is 11.4 Å². The Kier molecular flexibility index (Phi) is 4.26. The average Bonchev–Trinajstić information content (AvgIpc) is 3.35.